The molecule has 0 aliphatic heterocycles. The van der Waals surface area contributed by atoms with Crippen LogP contribution in [-0.4, -0.2) is 20.3 Å². The van der Waals surface area contributed by atoms with Gasteiger partial charge in [0.1, 0.15) is 0 Å². The standard InChI is InChI=1S/C11H8N4O/c12-10(16)7-5-13-11-14-8-3-1-2-4-9(8)15(11)6-7/h1-6H,(H2,12,16). The fraction of sp³-hybridized carbons (Fsp3) is 0. The first-order chi connectivity index (χ1) is 7.75. The molecule has 1 amide bonds. The minimum atomic E-state index is -0.493. The summed E-state index contributed by atoms with van der Waals surface area (Å²) in [5.41, 5.74) is 7.33. The molecule has 0 aliphatic rings. The molecule has 5 nitrogen and oxygen atoms in total. The van der Waals surface area contributed by atoms with E-state index in [9.17, 15) is 4.79 Å². The SMILES string of the molecule is NC(=O)c1cnc2nc3ccccc3n2c1. The van der Waals surface area contributed by atoms with Crippen LogP contribution in [0.3, 0.4) is 0 Å². The molecular formula is C11H8N4O. The van der Waals surface area contributed by atoms with Crippen LogP contribution in [0.25, 0.3) is 16.8 Å². The van der Waals surface area contributed by atoms with E-state index in [1.54, 1.807) is 10.6 Å². The molecule has 16 heavy (non-hydrogen) atoms. The molecule has 1 aromatic carbocycles. The average Bonchev–Trinajstić information content (AvgIpc) is 2.66. The number of fused-ring (bicyclic) bond motifs is 3. The molecule has 0 spiro atoms. The van der Waals surface area contributed by atoms with Gasteiger partial charge in [0.25, 0.3) is 5.91 Å². The maximum absolute atomic E-state index is 11.1. The third-order valence-electron chi connectivity index (χ3n) is 2.45. The third-order valence-corrected chi connectivity index (χ3v) is 2.45. The number of carbonyl (C=O) groups excluding carboxylic acids is 1. The molecule has 0 fully saturated rings. The minimum absolute atomic E-state index is 0.371. The fourth-order valence-corrected chi connectivity index (χ4v) is 1.68. The summed E-state index contributed by atoms with van der Waals surface area (Å²) in [6, 6.07) is 7.63. The van der Waals surface area contributed by atoms with Crippen LogP contribution in [0.1, 0.15) is 10.4 Å². The zero-order valence-electron chi connectivity index (χ0n) is 8.29. The Kier molecular flexibility index (Phi) is 1.67. The number of hydrogen-bond acceptors (Lipinski definition) is 3. The zero-order valence-corrected chi connectivity index (χ0v) is 8.29. The third kappa shape index (κ3) is 1.15. The first kappa shape index (κ1) is 8.84. The van der Waals surface area contributed by atoms with Gasteiger partial charge in [0.2, 0.25) is 5.78 Å². The molecule has 0 radical (unpaired) electrons. The zero-order chi connectivity index (χ0) is 11.1. The number of aromatic nitrogens is 3. The predicted molar refractivity (Wildman–Crippen MR) is 59.0 cm³/mol. The molecule has 0 aliphatic carbocycles. The lowest BCUT2D eigenvalue weighted by atomic mass is 10.3. The topological polar surface area (TPSA) is 73.3 Å². The van der Waals surface area contributed by atoms with E-state index in [2.05, 4.69) is 9.97 Å². The summed E-state index contributed by atoms with van der Waals surface area (Å²) in [7, 11) is 0. The molecule has 0 bridgehead atoms. The molecule has 0 saturated carbocycles. The Morgan fingerprint density at radius 2 is 2.12 bits per heavy atom. The van der Waals surface area contributed by atoms with Gasteiger partial charge in [-0.2, -0.15) is 0 Å². The van der Waals surface area contributed by atoms with Gasteiger partial charge in [0.05, 0.1) is 16.6 Å². The second-order valence-electron chi connectivity index (χ2n) is 3.48. The molecule has 3 aromatic rings. The van der Waals surface area contributed by atoms with Crippen LogP contribution in [-0.2, 0) is 0 Å². The highest BCUT2D eigenvalue weighted by Gasteiger charge is 2.07. The van der Waals surface area contributed by atoms with Crippen molar-refractivity contribution in [3.05, 3.63) is 42.2 Å². The monoisotopic (exact) mass is 212 g/mol. The normalized spacial score (nSPS) is 11.0. The first-order valence-electron chi connectivity index (χ1n) is 4.78. The Morgan fingerprint density at radius 3 is 2.94 bits per heavy atom. The molecule has 5 heteroatoms. The molecule has 2 N–H and O–H groups in total. The molecule has 0 saturated heterocycles. The molecule has 0 atom stereocenters. The van der Waals surface area contributed by atoms with E-state index in [1.807, 2.05) is 24.3 Å². The van der Waals surface area contributed by atoms with Crippen molar-refractivity contribution < 1.29 is 4.79 Å². The van der Waals surface area contributed by atoms with Crippen LogP contribution in [0.5, 0.6) is 0 Å². The summed E-state index contributed by atoms with van der Waals surface area (Å²) in [4.78, 5) is 19.5. The van der Waals surface area contributed by atoms with Gasteiger partial charge >= 0.3 is 0 Å². The smallest absolute Gasteiger partial charge is 0.251 e. The first-order valence-corrected chi connectivity index (χ1v) is 4.78. The van der Waals surface area contributed by atoms with Crippen molar-refractivity contribution in [1.82, 2.24) is 14.4 Å². The number of para-hydroxylation sites is 2. The summed E-state index contributed by atoms with van der Waals surface area (Å²) in [6.45, 7) is 0. The Balaban J connectivity index is 2.44. The maximum Gasteiger partial charge on any atom is 0.251 e. The number of carbonyl (C=O) groups is 1. The van der Waals surface area contributed by atoms with Crippen molar-refractivity contribution in [2.45, 2.75) is 0 Å². The second kappa shape index (κ2) is 3.03. The highest BCUT2D eigenvalue weighted by molar-refractivity contribution is 5.92. The Hall–Kier alpha value is -2.43. The molecule has 3 rings (SSSR count). The molecule has 2 heterocycles. The lowest BCUT2D eigenvalue weighted by Crippen LogP contribution is -2.12. The highest BCUT2D eigenvalue weighted by atomic mass is 16.1. The number of nitrogens with zero attached hydrogens (tertiary/aromatic N) is 3. The number of primary amides is 1. The number of benzene rings is 1. The van der Waals surface area contributed by atoms with Crippen molar-refractivity contribution in [1.29, 1.82) is 0 Å². The van der Waals surface area contributed by atoms with Gasteiger partial charge in [-0.15, -0.1) is 0 Å². The van der Waals surface area contributed by atoms with Gasteiger partial charge in [-0.1, -0.05) is 12.1 Å². The van der Waals surface area contributed by atoms with Crippen LogP contribution in [0.15, 0.2) is 36.7 Å². The quantitative estimate of drug-likeness (QED) is 0.653. The largest absolute Gasteiger partial charge is 0.366 e. The predicted octanol–water partition coefficient (Wildman–Crippen LogP) is 0.981. The van der Waals surface area contributed by atoms with Crippen LogP contribution >= 0.6 is 0 Å². The van der Waals surface area contributed by atoms with Crippen molar-refractivity contribution in [3.63, 3.8) is 0 Å². The molecule has 0 unspecified atom stereocenters. The van der Waals surface area contributed by atoms with E-state index in [0.717, 1.165) is 11.0 Å². The van der Waals surface area contributed by atoms with Crippen LogP contribution in [0.4, 0.5) is 0 Å². The Labute approximate surface area is 90.5 Å². The Bertz CT molecular complexity index is 701. The number of nitrogens with two attached hydrogens (primary N) is 1. The van der Waals surface area contributed by atoms with Crippen LogP contribution < -0.4 is 5.73 Å². The van der Waals surface area contributed by atoms with E-state index < -0.39 is 5.91 Å². The maximum atomic E-state index is 11.1. The molecule has 78 valence electrons. The van der Waals surface area contributed by atoms with E-state index in [-0.39, 0.29) is 0 Å². The van der Waals surface area contributed by atoms with E-state index >= 15 is 0 Å². The lowest BCUT2D eigenvalue weighted by molar-refractivity contribution is 0.0999. The van der Waals surface area contributed by atoms with Gasteiger partial charge < -0.3 is 5.73 Å². The number of amides is 1. The number of hydrogen-bond donors (Lipinski definition) is 1. The lowest BCUT2D eigenvalue weighted by Gasteiger charge is -1.97. The summed E-state index contributed by atoms with van der Waals surface area (Å²) in [5, 5.41) is 0. The van der Waals surface area contributed by atoms with Crippen molar-refractivity contribution in [3.8, 4) is 0 Å². The second-order valence-corrected chi connectivity index (χ2v) is 3.48. The summed E-state index contributed by atoms with van der Waals surface area (Å²) < 4.78 is 1.76. The number of rotatable bonds is 1. The van der Waals surface area contributed by atoms with E-state index in [4.69, 9.17) is 5.73 Å². The average molecular weight is 212 g/mol. The minimum Gasteiger partial charge on any atom is -0.366 e. The highest BCUT2D eigenvalue weighted by Crippen LogP contribution is 2.14. The van der Waals surface area contributed by atoms with E-state index in [0.29, 0.717) is 11.3 Å². The molecule has 2 aromatic heterocycles. The summed E-state index contributed by atoms with van der Waals surface area (Å²) >= 11 is 0. The molecular weight excluding hydrogens is 204 g/mol. The van der Waals surface area contributed by atoms with E-state index in [1.165, 1.54) is 6.20 Å². The summed E-state index contributed by atoms with van der Waals surface area (Å²) in [6.07, 6.45) is 3.09. The van der Waals surface area contributed by atoms with Crippen molar-refractivity contribution >= 4 is 22.7 Å². The Morgan fingerprint density at radius 1 is 1.31 bits per heavy atom. The number of imidazole rings is 1. The van der Waals surface area contributed by atoms with Gasteiger partial charge in [-0.05, 0) is 12.1 Å². The van der Waals surface area contributed by atoms with Gasteiger partial charge in [-0.3, -0.25) is 9.20 Å². The van der Waals surface area contributed by atoms with Gasteiger partial charge in [0, 0.05) is 12.4 Å². The van der Waals surface area contributed by atoms with Gasteiger partial charge in [-0.25, -0.2) is 9.97 Å². The van der Waals surface area contributed by atoms with Crippen LogP contribution in [0.2, 0.25) is 0 Å². The fourth-order valence-electron chi connectivity index (χ4n) is 1.68. The van der Waals surface area contributed by atoms with Crippen molar-refractivity contribution in [2.75, 3.05) is 0 Å². The summed E-state index contributed by atoms with van der Waals surface area (Å²) in [5.74, 6) is 0.0679. The van der Waals surface area contributed by atoms with Gasteiger partial charge in [0.15, 0.2) is 0 Å². The van der Waals surface area contributed by atoms with Crippen molar-refractivity contribution in [2.24, 2.45) is 5.73 Å². The van der Waals surface area contributed by atoms with Crippen LogP contribution in [0, 0.1) is 0 Å².